The quantitative estimate of drug-likeness (QED) is 0.727. The summed E-state index contributed by atoms with van der Waals surface area (Å²) in [7, 11) is -3.10. The molecule has 112 valence electrons. The summed E-state index contributed by atoms with van der Waals surface area (Å²) in [6, 6.07) is 4.88. The highest BCUT2D eigenvalue weighted by molar-refractivity contribution is 7.91. The van der Waals surface area contributed by atoms with Crippen LogP contribution in [0.5, 0.6) is 5.75 Å². The molecule has 1 aromatic rings. The lowest BCUT2D eigenvalue weighted by Crippen LogP contribution is -2.30. The van der Waals surface area contributed by atoms with Crippen molar-refractivity contribution in [1.82, 2.24) is 5.32 Å². The van der Waals surface area contributed by atoms with Crippen molar-refractivity contribution in [3.05, 3.63) is 23.8 Å². The van der Waals surface area contributed by atoms with Crippen molar-refractivity contribution >= 4 is 21.4 Å². The third-order valence-electron chi connectivity index (χ3n) is 2.72. The average Bonchev–Trinajstić information content (AvgIpc) is 2.41. The minimum atomic E-state index is -3.10. The Bertz CT molecular complexity index is 570. The van der Waals surface area contributed by atoms with Crippen molar-refractivity contribution in [2.75, 3.05) is 30.4 Å². The third kappa shape index (κ3) is 4.41. The molecule has 1 aromatic carbocycles. The van der Waals surface area contributed by atoms with Gasteiger partial charge in [0.15, 0.2) is 15.6 Å². The number of nitrogens with one attached hydrogen (secondary N) is 1. The molecule has 0 fully saturated rings. The molecule has 1 rings (SSSR count). The highest BCUT2D eigenvalue weighted by Crippen LogP contribution is 2.26. The second-order valence-electron chi connectivity index (χ2n) is 4.15. The number of nitrogen functional groups attached to an aromatic ring is 1. The number of rotatable bonds is 7. The van der Waals surface area contributed by atoms with E-state index in [1.807, 2.05) is 0 Å². The van der Waals surface area contributed by atoms with Crippen LogP contribution in [0, 0.1) is 0 Å². The molecule has 0 atom stereocenters. The predicted octanol–water partition coefficient (Wildman–Crippen LogP) is 0.832. The highest BCUT2D eigenvalue weighted by Gasteiger charge is 2.15. The van der Waals surface area contributed by atoms with Crippen LogP contribution < -0.4 is 15.8 Å². The molecule has 1 amide bonds. The SMILES string of the molecule is CCOc1c(N)cccc1C(=O)NCCS(=O)(=O)CC. The molecule has 0 spiro atoms. The number of nitrogens with two attached hydrogens (primary N) is 1. The average molecular weight is 300 g/mol. The van der Waals surface area contributed by atoms with Gasteiger partial charge in [-0.3, -0.25) is 4.79 Å². The number of hydrogen-bond donors (Lipinski definition) is 2. The number of hydrogen-bond acceptors (Lipinski definition) is 5. The molecule has 0 saturated heterocycles. The lowest BCUT2D eigenvalue weighted by Gasteiger charge is -2.12. The first-order valence-electron chi connectivity index (χ1n) is 6.41. The van der Waals surface area contributed by atoms with Gasteiger partial charge >= 0.3 is 0 Å². The van der Waals surface area contributed by atoms with E-state index in [1.54, 1.807) is 32.0 Å². The summed E-state index contributed by atoms with van der Waals surface area (Å²) >= 11 is 0. The summed E-state index contributed by atoms with van der Waals surface area (Å²) in [6.45, 7) is 3.82. The summed E-state index contributed by atoms with van der Waals surface area (Å²) in [5, 5.41) is 2.56. The van der Waals surface area contributed by atoms with E-state index in [2.05, 4.69) is 5.32 Å². The zero-order valence-corrected chi connectivity index (χ0v) is 12.5. The molecule has 0 saturated carbocycles. The number of carbonyl (C=O) groups excluding carboxylic acids is 1. The summed E-state index contributed by atoms with van der Waals surface area (Å²) in [4.78, 5) is 12.0. The largest absolute Gasteiger partial charge is 0.491 e. The van der Waals surface area contributed by atoms with Crippen LogP contribution >= 0.6 is 0 Å². The van der Waals surface area contributed by atoms with E-state index in [4.69, 9.17) is 10.5 Å². The fraction of sp³-hybridized carbons (Fsp3) is 0.462. The van der Waals surface area contributed by atoms with Gasteiger partial charge in [0.05, 0.1) is 23.6 Å². The Balaban J connectivity index is 2.75. The second-order valence-corrected chi connectivity index (χ2v) is 6.62. The summed E-state index contributed by atoms with van der Waals surface area (Å²) in [5.41, 5.74) is 6.45. The fourth-order valence-electron chi connectivity index (χ4n) is 1.60. The first-order valence-corrected chi connectivity index (χ1v) is 8.23. The lowest BCUT2D eigenvalue weighted by atomic mass is 10.1. The van der Waals surface area contributed by atoms with Gasteiger partial charge in [-0.15, -0.1) is 0 Å². The van der Waals surface area contributed by atoms with Gasteiger partial charge in [0.25, 0.3) is 5.91 Å². The van der Waals surface area contributed by atoms with Gasteiger partial charge in [-0.1, -0.05) is 13.0 Å². The summed E-state index contributed by atoms with van der Waals surface area (Å²) in [5.74, 6) is -0.0923. The van der Waals surface area contributed by atoms with Gasteiger partial charge in [-0.25, -0.2) is 8.42 Å². The molecule has 6 nitrogen and oxygen atoms in total. The number of anilines is 1. The van der Waals surface area contributed by atoms with Crippen molar-refractivity contribution in [3.8, 4) is 5.75 Å². The van der Waals surface area contributed by atoms with Gasteiger partial charge in [0.1, 0.15) is 0 Å². The van der Waals surface area contributed by atoms with Gasteiger partial charge < -0.3 is 15.8 Å². The Labute approximate surface area is 119 Å². The zero-order valence-electron chi connectivity index (χ0n) is 11.7. The maximum atomic E-state index is 12.0. The standard InChI is InChI=1S/C13H20N2O4S/c1-3-19-12-10(6-5-7-11(12)14)13(16)15-8-9-20(17,18)4-2/h5-7H,3-4,8-9,14H2,1-2H3,(H,15,16). The Morgan fingerprint density at radius 3 is 2.65 bits per heavy atom. The zero-order chi connectivity index (χ0) is 15.2. The van der Waals surface area contributed by atoms with Gasteiger partial charge in [-0.2, -0.15) is 0 Å². The molecule has 3 N–H and O–H groups in total. The van der Waals surface area contributed by atoms with Crippen LogP contribution in [-0.2, 0) is 9.84 Å². The van der Waals surface area contributed by atoms with E-state index in [-0.39, 0.29) is 18.1 Å². The molecule has 0 aromatic heterocycles. The van der Waals surface area contributed by atoms with Gasteiger partial charge in [0.2, 0.25) is 0 Å². The van der Waals surface area contributed by atoms with E-state index in [0.717, 1.165) is 0 Å². The minimum Gasteiger partial charge on any atom is -0.491 e. The van der Waals surface area contributed by atoms with Crippen LogP contribution in [0.4, 0.5) is 5.69 Å². The number of para-hydroxylation sites is 1. The second kappa shape index (κ2) is 7.14. The first-order chi connectivity index (χ1) is 9.41. The van der Waals surface area contributed by atoms with E-state index in [9.17, 15) is 13.2 Å². The van der Waals surface area contributed by atoms with E-state index in [0.29, 0.717) is 23.6 Å². The van der Waals surface area contributed by atoms with Crippen LogP contribution in [0.25, 0.3) is 0 Å². The number of amides is 1. The maximum absolute atomic E-state index is 12.0. The Morgan fingerprint density at radius 1 is 1.35 bits per heavy atom. The van der Waals surface area contributed by atoms with Crippen LogP contribution in [0.3, 0.4) is 0 Å². The smallest absolute Gasteiger partial charge is 0.255 e. The number of sulfone groups is 1. The molecule has 7 heteroatoms. The normalized spacial score (nSPS) is 11.1. The monoisotopic (exact) mass is 300 g/mol. The van der Waals surface area contributed by atoms with Crippen molar-refractivity contribution in [3.63, 3.8) is 0 Å². The number of ether oxygens (including phenoxy) is 1. The molecule has 0 aliphatic rings. The van der Waals surface area contributed by atoms with Gasteiger partial charge in [0, 0.05) is 12.3 Å². The summed E-state index contributed by atoms with van der Waals surface area (Å²) < 4.78 is 28.0. The Hall–Kier alpha value is -1.76. The molecule has 0 aliphatic carbocycles. The van der Waals surface area contributed by atoms with Crippen LogP contribution in [-0.4, -0.2) is 39.0 Å². The van der Waals surface area contributed by atoms with E-state index in [1.165, 1.54) is 0 Å². The molecular weight excluding hydrogens is 280 g/mol. The predicted molar refractivity (Wildman–Crippen MR) is 78.7 cm³/mol. The van der Waals surface area contributed by atoms with Crippen molar-refractivity contribution in [2.24, 2.45) is 0 Å². The number of benzene rings is 1. The highest BCUT2D eigenvalue weighted by atomic mass is 32.2. The van der Waals surface area contributed by atoms with E-state index >= 15 is 0 Å². The van der Waals surface area contributed by atoms with Crippen molar-refractivity contribution < 1.29 is 17.9 Å². The molecular formula is C13H20N2O4S. The molecule has 0 unspecified atom stereocenters. The molecule has 0 bridgehead atoms. The third-order valence-corrected chi connectivity index (χ3v) is 4.42. The molecule has 20 heavy (non-hydrogen) atoms. The Kier molecular flexibility index (Phi) is 5.82. The first kappa shape index (κ1) is 16.3. The maximum Gasteiger partial charge on any atom is 0.255 e. The number of carbonyl (C=O) groups is 1. The minimum absolute atomic E-state index is 0.0609. The molecule has 0 radical (unpaired) electrons. The summed E-state index contributed by atoms with van der Waals surface area (Å²) in [6.07, 6.45) is 0. The van der Waals surface area contributed by atoms with Crippen molar-refractivity contribution in [1.29, 1.82) is 0 Å². The Morgan fingerprint density at radius 2 is 2.05 bits per heavy atom. The topological polar surface area (TPSA) is 98.5 Å². The molecule has 0 aliphatic heterocycles. The lowest BCUT2D eigenvalue weighted by molar-refractivity contribution is 0.0952. The fourth-order valence-corrected chi connectivity index (χ4v) is 2.30. The van der Waals surface area contributed by atoms with Crippen molar-refractivity contribution in [2.45, 2.75) is 13.8 Å². The van der Waals surface area contributed by atoms with Crippen LogP contribution in [0.15, 0.2) is 18.2 Å². The van der Waals surface area contributed by atoms with Crippen LogP contribution in [0.1, 0.15) is 24.2 Å². The van der Waals surface area contributed by atoms with E-state index < -0.39 is 15.7 Å². The van der Waals surface area contributed by atoms with Crippen LogP contribution in [0.2, 0.25) is 0 Å². The van der Waals surface area contributed by atoms with Gasteiger partial charge in [-0.05, 0) is 19.1 Å². The molecule has 0 heterocycles.